The summed E-state index contributed by atoms with van der Waals surface area (Å²) in [5.41, 5.74) is 1.31. The third kappa shape index (κ3) is 6.26. The van der Waals surface area contributed by atoms with E-state index >= 15 is 0 Å². The van der Waals surface area contributed by atoms with Gasteiger partial charge in [-0.2, -0.15) is 0 Å². The zero-order valence-electron chi connectivity index (χ0n) is 22.0. The van der Waals surface area contributed by atoms with Gasteiger partial charge in [-0.1, -0.05) is 26.0 Å². The normalized spacial score (nSPS) is 17.3. The van der Waals surface area contributed by atoms with Crippen LogP contribution < -0.4 is 9.47 Å². The maximum absolute atomic E-state index is 13.2. The predicted molar refractivity (Wildman–Crippen MR) is 141 cm³/mol. The van der Waals surface area contributed by atoms with Crippen LogP contribution in [-0.4, -0.2) is 65.5 Å². The Bertz CT molecular complexity index is 1060. The molecular formula is C29H38N2O5. The minimum atomic E-state index is -0.679. The lowest BCUT2D eigenvalue weighted by molar-refractivity contribution is -0.140. The van der Waals surface area contributed by atoms with Gasteiger partial charge in [0.15, 0.2) is 0 Å². The molecule has 0 aromatic heterocycles. The highest BCUT2D eigenvalue weighted by Crippen LogP contribution is 2.40. The average molecular weight is 495 g/mol. The zero-order chi connectivity index (χ0) is 26.2. The molecule has 0 spiro atoms. The molecule has 194 valence electrons. The Kier molecular flexibility index (Phi) is 9.53. The zero-order valence-corrected chi connectivity index (χ0v) is 22.0. The van der Waals surface area contributed by atoms with E-state index in [9.17, 15) is 14.7 Å². The van der Waals surface area contributed by atoms with Gasteiger partial charge < -0.3 is 24.4 Å². The summed E-state index contributed by atoms with van der Waals surface area (Å²) < 4.78 is 11.3. The molecule has 1 amide bonds. The molecule has 0 unspecified atom stereocenters. The Morgan fingerprint density at radius 1 is 0.972 bits per heavy atom. The van der Waals surface area contributed by atoms with Crippen molar-refractivity contribution in [1.82, 2.24) is 9.80 Å². The molecule has 36 heavy (non-hydrogen) atoms. The summed E-state index contributed by atoms with van der Waals surface area (Å²) in [6, 6.07) is 13.6. The molecule has 2 aromatic rings. The summed E-state index contributed by atoms with van der Waals surface area (Å²) in [6.07, 6.45) is 0.754. The van der Waals surface area contributed by atoms with Crippen molar-refractivity contribution in [3.05, 3.63) is 65.2 Å². The van der Waals surface area contributed by atoms with Gasteiger partial charge in [-0.3, -0.25) is 9.59 Å². The van der Waals surface area contributed by atoms with Gasteiger partial charge in [-0.15, -0.1) is 0 Å². The van der Waals surface area contributed by atoms with E-state index in [4.69, 9.17) is 9.47 Å². The fourth-order valence-electron chi connectivity index (χ4n) is 4.49. The summed E-state index contributed by atoms with van der Waals surface area (Å²) in [5.74, 6) is -0.0663. The summed E-state index contributed by atoms with van der Waals surface area (Å²) in [5, 5.41) is 11.2. The number of hydrogen-bond donors (Lipinski definition) is 1. The van der Waals surface area contributed by atoms with Gasteiger partial charge in [0.05, 0.1) is 24.3 Å². The molecule has 0 aliphatic carbocycles. The number of amides is 1. The summed E-state index contributed by atoms with van der Waals surface area (Å²) in [6.45, 7) is 13.6. The van der Waals surface area contributed by atoms with Crippen molar-refractivity contribution in [3.8, 4) is 11.5 Å². The number of nitrogens with zero attached hydrogens (tertiary/aromatic N) is 2. The molecule has 0 bridgehead atoms. The number of hydrogen-bond acceptors (Lipinski definition) is 6. The minimum absolute atomic E-state index is 0.0289. The average Bonchev–Trinajstić information content (AvgIpc) is 3.12. The molecule has 1 aliphatic rings. The van der Waals surface area contributed by atoms with E-state index in [1.807, 2.05) is 45.0 Å². The first-order valence-corrected chi connectivity index (χ1v) is 12.8. The predicted octanol–water partition coefficient (Wildman–Crippen LogP) is 5.03. The lowest BCUT2D eigenvalue weighted by atomic mass is 9.95. The molecule has 3 rings (SSSR count). The molecule has 2 aromatic carbocycles. The van der Waals surface area contributed by atoms with Crippen LogP contribution in [0.25, 0.3) is 5.76 Å². The molecule has 1 aliphatic heterocycles. The molecule has 1 N–H and O–H groups in total. The Labute approximate surface area is 214 Å². The highest BCUT2D eigenvalue weighted by Gasteiger charge is 2.45. The standard InChI is InChI=1S/C29H38N2O5/c1-6-30(7-2)18-9-19-31-26(21-10-16-24(17-11-21)36-20(4)5)25(28(33)29(31)34)27(32)22-12-14-23(15-13-22)35-8-3/h10-17,20,26,32H,6-9,18-19H2,1-5H3/t26-/m0/s1. The van der Waals surface area contributed by atoms with Gasteiger partial charge >= 0.3 is 0 Å². The number of likely N-dealkylation sites (tertiary alicyclic amines) is 1. The fourth-order valence-corrected chi connectivity index (χ4v) is 4.49. The Hall–Kier alpha value is -3.32. The second-order valence-corrected chi connectivity index (χ2v) is 9.07. The Balaban J connectivity index is 2.00. The Morgan fingerprint density at radius 2 is 1.58 bits per heavy atom. The molecule has 1 saturated heterocycles. The minimum Gasteiger partial charge on any atom is -0.507 e. The van der Waals surface area contributed by atoms with Crippen molar-refractivity contribution >= 4 is 17.4 Å². The van der Waals surface area contributed by atoms with Crippen molar-refractivity contribution in [2.24, 2.45) is 0 Å². The van der Waals surface area contributed by atoms with E-state index in [1.54, 1.807) is 29.2 Å². The number of carbonyl (C=O) groups excluding carboxylic acids is 2. The molecule has 1 atom stereocenters. The summed E-state index contributed by atoms with van der Waals surface area (Å²) >= 11 is 0. The topological polar surface area (TPSA) is 79.3 Å². The van der Waals surface area contributed by atoms with Crippen molar-refractivity contribution in [2.45, 2.75) is 53.2 Å². The third-order valence-corrected chi connectivity index (χ3v) is 6.31. The van der Waals surface area contributed by atoms with Gasteiger partial charge in [0.2, 0.25) is 0 Å². The van der Waals surface area contributed by atoms with E-state index in [0.717, 1.165) is 31.6 Å². The van der Waals surface area contributed by atoms with Crippen LogP contribution >= 0.6 is 0 Å². The number of benzene rings is 2. The lowest BCUT2D eigenvalue weighted by Gasteiger charge is -2.27. The highest BCUT2D eigenvalue weighted by atomic mass is 16.5. The van der Waals surface area contributed by atoms with Gasteiger partial charge in [0.1, 0.15) is 17.3 Å². The largest absolute Gasteiger partial charge is 0.507 e. The number of aliphatic hydroxyl groups excluding tert-OH is 1. The smallest absolute Gasteiger partial charge is 0.295 e. The molecule has 0 saturated carbocycles. The van der Waals surface area contributed by atoms with Gasteiger partial charge in [0.25, 0.3) is 11.7 Å². The van der Waals surface area contributed by atoms with Crippen LogP contribution in [0.2, 0.25) is 0 Å². The monoisotopic (exact) mass is 494 g/mol. The number of Topliss-reactive ketones (excluding diaryl/α,β-unsaturated/α-hetero) is 1. The first-order chi connectivity index (χ1) is 17.3. The van der Waals surface area contributed by atoms with Crippen LogP contribution in [0.5, 0.6) is 11.5 Å². The van der Waals surface area contributed by atoms with Gasteiger partial charge in [-0.05, 0) is 88.8 Å². The van der Waals surface area contributed by atoms with E-state index in [2.05, 4.69) is 18.7 Å². The van der Waals surface area contributed by atoms with Crippen LogP contribution in [0, 0.1) is 0 Å². The number of rotatable bonds is 12. The molecule has 7 nitrogen and oxygen atoms in total. The van der Waals surface area contributed by atoms with Crippen molar-refractivity contribution in [1.29, 1.82) is 0 Å². The van der Waals surface area contributed by atoms with E-state index in [0.29, 0.717) is 30.2 Å². The molecule has 1 heterocycles. The maximum Gasteiger partial charge on any atom is 0.295 e. The van der Waals surface area contributed by atoms with E-state index < -0.39 is 17.7 Å². The maximum atomic E-state index is 13.2. The second-order valence-electron chi connectivity index (χ2n) is 9.07. The lowest BCUT2D eigenvalue weighted by Crippen LogP contribution is -2.33. The van der Waals surface area contributed by atoms with Gasteiger partial charge in [0, 0.05) is 12.1 Å². The van der Waals surface area contributed by atoms with Crippen LogP contribution in [0.1, 0.15) is 58.2 Å². The molecular weight excluding hydrogens is 456 g/mol. The van der Waals surface area contributed by atoms with E-state index in [1.165, 1.54) is 0 Å². The highest BCUT2D eigenvalue weighted by molar-refractivity contribution is 6.46. The summed E-state index contributed by atoms with van der Waals surface area (Å²) in [4.78, 5) is 30.3. The van der Waals surface area contributed by atoms with Crippen LogP contribution in [0.15, 0.2) is 54.1 Å². The quantitative estimate of drug-likeness (QED) is 0.253. The first-order valence-electron chi connectivity index (χ1n) is 12.8. The fraction of sp³-hybridized carbons (Fsp3) is 0.448. The van der Waals surface area contributed by atoms with Gasteiger partial charge in [-0.25, -0.2) is 0 Å². The third-order valence-electron chi connectivity index (χ3n) is 6.31. The van der Waals surface area contributed by atoms with Crippen molar-refractivity contribution in [3.63, 3.8) is 0 Å². The van der Waals surface area contributed by atoms with E-state index in [-0.39, 0.29) is 17.4 Å². The second kappa shape index (κ2) is 12.6. The first kappa shape index (κ1) is 27.3. The number of ketones is 1. The molecule has 0 radical (unpaired) electrons. The number of ether oxygens (including phenoxy) is 2. The number of aliphatic hydroxyl groups is 1. The number of carbonyl (C=O) groups is 2. The Morgan fingerprint density at radius 3 is 2.14 bits per heavy atom. The molecule has 7 heteroatoms. The van der Waals surface area contributed by atoms with Crippen LogP contribution in [0.4, 0.5) is 0 Å². The SMILES string of the molecule is CCOc1ccc(C(O)=C2C(=O)C(=O)N(CCCN(CC)CC)[C@H]2c2ccc(OC(C)C)cc2)cc1. The summed E-state index contributed by atoms with van der Waals surface area (Å²) in [7, 11) is 0. The molecule has 1 fully saturated rings. The van der Waals surface area contributed by atoms with Crippen molar-refractivity contribution < 1.29 is 24.2 Å². The van der Waals surface area contributed by atoms with Crippen LogP contribution in [-0.2, 0) is 9.59 Å². The van der Waals surface area contributed by atoms with Crippen molar-refractivity contribution in [2.75, 3.05) is 32.8 Å². The van der Waals surface area contributed by atoms with Crippen LogP contribution in [0.3, 0.4) is 0 Å².